The average Bonchev–Trinajstić information content (AvgIpc) is 2.50. The van der Waals surface area contributed by atoms with Gasteiger partial charge < -0.3 is 0 Å². The van der Waals surface area contributed by atoms with E-state index in [0.717, 1.165) is 12.8 Å². The first-order chi connectivity index (χ1) is 7.54. The molecule has 0 aliphatic heterocycles. The molecule has 2 rings (SSSR count). The van der Waals surface area contributed by atoms with E-state index in [2.05, 4.69) is 26.8 Å². The maximum Gasteiger partial charge on any atom is 0.139 e. The van der Waals surface area contributed by atoms with Crippen molar-refractivity contribution in [3.05, 3.63) is 0 Å². The fourth-order valence-corrected chi connectivity index (χ4v) is 2.90. The number of Topliss-reactive ketones (excluding diaryl/α,β-unsaturated/α-hetero) is 1. The predicted octanol–water partition coefficient (Wildman–Crippen LogP) is 3.96. The Balaban J connectivity index is 0.000000209. The highest BCUT2D eigenvalue weighted by molar-refractivity contribution is 5.89. The van der Waals surface area contributed by atoms with E-state index in [0.29, 0.717) is 11.7 Å². The summed E-state index contributed by atoms with van der Waals surface area (Å²) in [5.41, 5.74) is 0.155. The molecule has 2 saturated carbocycles. The van der Waals surface area contributed by atoms with E-state index >= 15 is 0 Å². The Morgan fingerprint density at radius 3 is 1.88 bits per heavy atom. The molecule has 0 amide bonds. The molecule has 2 bridgehead atoms. The summed E-state index contributed by atoms with van der Waals surface area (Å²) in [6, 6.07) is 2.10. The molecule has 0 aromatic carbocycles. The van der Waals surface area contributed by atoms with Crippen LogP contribution in [0.2, 0.25) is 0 Å². The fourth-order valence-electron chi connectivity index (χ4n) is 2.90. The van der Waals surface area contributed by atoms with Gasteiger partial charge in [0, 0.05) is 17.3 Å². The number of fused-ring (bicyclic) bond motifs is 2. The fraction of sp³-hybridized carbons (Fsp3) is 0.867. The van der Waals surface area contributed by atoms with Gasteiger partial charge in [0.25, 0.3) is 0 Å². The molecule has 2 aliphatic carbocycles. The van der Waals surface area contributed by atoms with Gasteiger partial charge in [0.1, 0.15) is 5.78 Å². The minimum Gasteiger partial charge on any atom is -0.299 e. The van der Waals surface area contributed by atoms with Crippen LogP contribution in [0, 0.1) is 33.5 Å². The average molecular weight is 235 g/mol. The lowest BCUT2D eigenvalue weighted by Gasteiger charge is -2.32. The maximum atomic E-state index is 11.6. The van der Waals surface area contributed by atoms with Gasteiger partial charge in [-0.05, 0) is 44.9 Å². The first-order valence-corrected chi connectivity index (χ1v) is 6.49. The van der Waals surface area contributed by atoms with Crippen LogP contribution in [0.4, 0.5) is 0 Å². The Morgan fingerprint density at radius 2 is 1.76 bits per heavy atom. The normalized spacial score (nSPS) is 33.9. The zero-order valence-corrected chi connectivity index (χ0v) is 12.1. The van der Waals surface area contributed by atoms with Gasteiger partial charge in [-0.3, -0.25) is 4.79 Å². The van der Waals surface area contributed by atoms with E-state index < -0.39 is 0 Å². The number of carbonyl (C=O) groups excluding carboxylic acids is 1. The lowest BCUT2D eigenvalue weighted by molar-refractivity contribution is -0.128. The molecule has 96 valence electrons. The van der Waals surface area contributed by atoms with Crippen LogP contribution >= 0.6 is 0 Å². The second kappa shape index (κ2) is 4.12. The topological polar surface area (TPSA) is 40.9 Å². The third-order valence-electron chi connectivity index (χ3n) is 4.82. The number of nitriles is 1. The summed E-state index contributed by atoms with van der Waals surface area (Å²) >= 11 is 0. The monoisotopic (exact) mass is 235 g/mol. The van der Waals surface area contributed by atoms with Gasteiger partial charge in [0.2, 0.25) is 0 Å². The SMILES string of the molecule is CC(C)(C)C#N.CC12CCC(CC1=O)C2(C)C. The predicted molar refractivity (Wildman–Crippen MR) is 69.3 cm³/mol. The number of hydrogen-bond donors (Lipinski definition) is 0. The van der Waals surface area contributed by atoms with Crippen molar-refractivity contribution in [2.75, 3.05) is 0 Å². The van der Waals surface area contributed by atoms with Crippen LogP contribution in [0.1, 0.15) is 60.8 Å². The van der Waals surface area contributed by atoms with Gasteiger partial charge in [-0.25, -0.2) is 0 Å². The van der Waals surface area contributed by atoms with Crippen LogP contribution in [-0.4, -0.2) is 5.78 Å². The number of ketones is 1. The van der Waals surface area contributed by atoms with Gasteiger partial charge in [0.05, 0.1) is 6.07 Å². The molecule has 0 aromatic heterocycles. The van der Waals surface area contributed by atoms with Crippen molar-refractivity contribution < 1.29 is 4.79 Å². The van der Waals surface area contributed by atoms with Gasteiger partial charge in [-0.2, -0.15) is 5.26 Å². The van der Waals surface area contributed by atoms with Crippen molar-refractivity contribution in [2.24, 2.45) is 22.2 Å². The number of carbonyl (C=O) groups is 1. The minimum absolute atomic E-state index is 0.0255. The molecule has 0 heterocycles. The Labute approximate surface area is 105 Å². The number of rotatable bonds is 0. The van der Waals surface area contributed by atoms with Crippen LogP contribution in [-0.2, 0) is 4.79 Å². The van der Waals surface area contributed by atoms with Crippen LogP contribution in [0.25, 0.3) is 0 Å². The van der Waals surface area contributed by atoms with E-state index in [1.54, 1.807) is 0 Å². The van der Waals surface area contributed by atoms with E-state index in [9.17, 15) is 4.79 Å². The van der Waals surface area contributed by atoms with Crippen molar-refractivity contribution in [1.82, 2.24) is 0 Å². The van der Waals surface area contributed by atoms with Crippen molar-refractivity contribution in [3.63, 3.8) is 0 Å². The van der Waals surface area contributed by atoms with E-state index in [1.165, 1.54) is 6.42 Å². The maximum absolute atomic E-state index is 11.6. The number of hydrogen-bond acceptors (Lipinski definition) is 2. The molecule has 2 nitrogen and oxygen atoms in total. The first kappa shape index (κ1) is 14.2. The van der Waals surface area contributed by atoms with Crippen LogP contribution in [0.15, 0.2) is 0 Å². The molecule has 0 aromatic rings. The van der Waals surface area contributed by atoms with Crippen molar-refractivity contribution in [3.8, 4) is 6.07 Å². The summed E-state index contributed by atoms with van der Waals surface area (Å²) in [6.45, 7) is 12.3. The van der Waals surface area contributed by atoms with E-state index in [4.69, 9.17) is 5.26 Å². The van der Waals surface area contributed by atoms with Crippen molar-refractivity contribution in [2.45, 2.75) is 60.8 Å². The third-order valence-corrected chi connectivity index (χ3v) is 4.82. The van der Waals surface area contributed by atoms with Crippen molar-refractivity contribution >= 4 is 5.78 Å². The summed E-state index contributed by atoms with van der Waals surface area (Å²) in [6.07, 6.45) is 3.25. The van der Waals surface area contributed by atoms with Crippen LogP contribution in [0.5, 0.6) is 0 Å². The van der Waals surface area contributed by atoms with Gasteiger partial charge in [-0.15, -0.1) is 0 Å². The minimum atomic E-state index is -0.153. The lowest BCUT2D eigenvalue weighted by atomic mass is 9.70. The third kappa shape index (κ3) is 2.39. The standard InChI is InChI=1S/C10H16O.C5H9N/c1-9(2)7-4-5-10(9,3)8(11)6-7;1-5(2,3)4-6/h7H,4-6H2,1-3H3;1-3H3. The molecule has 0 radical (unpaired) electrons. The Hall–Kier alpha value is -0.840. The molecule has 17 heavy (non-hydrogen) atoms. The summed E-state index contributed by atoms with van der Waals surface area (Å²) in [5, 5.41) is 8.15. The number of nitrogens with zero attached hydrogens (tertiary/aromatic N) is 1. The Morgan fingerprint density at radius 1 is 1.29 bits per heavy atom. The molecule has 0 spiro atoms. The van der Waals surface area contributed by atoms with E-state index in [-0.39, 0.29) is 16.2 Å². The molecule has 0 saturated heterocycles. The Kier molecular flexibility index (Phi) is 3.45. The second-order valence-corrected chi connectivity index (χ2v) is 7.28. The molecule has 2 unspecified atom stereocenters. The molecule has 2 heteroatoms. The van der Waals surface area contributed by atoms with Gasteiger partial charge >= 0.3 is 0 Å². The molecule has 2 aliphatic rings. The Bertz CT molecular complexity index is 356. The highest BCUT2D eigenvalue weighted by atomic mass is 16.1. The van der Waals surface area contributed by atoms with Crippen LogP contribution in [0.3, 0.4) is 0 Å². The van der Waals surface area contributed by atoms with Gasteiger partial charge in [-0.1, -0.05) is 20.8 Å². The van der Waals surface area contributed by atoms with E-state index in [1.807, 2.05) is 20.8 Å². The molecular weight excluding hydrogens is 210 g/mol. The highest BCUT2D eigenvalue weighted by Crippen LogP contribution is 2.63. The molecule has 2 atom stereocenters. The smallest absolute Gasteiger partial charge is 0.139 e. The lowest BCUT2D eigenvalue weighted by Crippen LogP contribution is -2.32. The summed E-state index contributed by atoms with van der Waals surface area (Å²) < 4.78 is 0. The second-order valence-electron chi connectivity index (χ2n) is 7.28. The molecule has 2 fully saturated rings. The molecule has 0 N–H and O–H groups in total. The summed E-state index contributed by atoms with van der Waals surface area (Å²) in [4.78, 5) is 11.6. The largest absolute Gasteiger partial charge is 0.299 e. The highest BCUT2D eigenvalue weighted by Gasteiger charge is 2.61. The quantitative estimate of drug-likeness (QED) is 0.637. The molecular formula is C15H25NO. The van der Waals surface area contributed by atoms with Crippen LogP contribution < -0.4 is 0 Å². The van der Waals surface area contributed by atoms with Gasteiger partial charge in [0.15, 0.2) is 0 Å². The zero-order chi connectivity index (χ0) is 13.5. The first-order valence-electron chi connectivity index (χ1n) is 6.49. The summed E-state index contributed by atoms with van der Waals surface area (Å²) in [7, 11) is 0. The zero-order valence-electron chi connectivity index (χ0n) is 12.1. The van der Waals surface area contributed by atoms with Crippen molar-refractivity contribution in [1.29, 1.82) is 5.26 Å². The summed E-state index contributed by atoms with van der Waals surface area (Å²) in [5.74, 6) is 1.19.